The fourth-order valence-corrected chi connectivity index (χ4v) is 3.61. The van der Waals surface area contributed by atoms with E-state index in [9.17, 15) is 9.18 Å². The van der Waals surface area contributed by atoms with Crippen LogP contribution in [0.5, 0.6) is 0 Å². The molecular formula is C22H20FN3O. The molecule has 3 aromatic rings. The van der Waals surface area contributed by atoms with Gasteiger partial charge in [-0.25, -0.2) is 4.39 Å². The van der Waals surface area contributed by atoms with Crippen molar-refractivity contribution in [2.24, 2.45) is 5.73 Å². The summed E-state index contributed by atoms with van der Waals surface area (Å²) in [7, 11) is 1.69. The number of hydrogen-bond donors (Lipinski definition) is 2. The van der Waals surface area contributed by atoms with Gasteiger partial charge in [-0.3, -0.25) is 15.8 Å². The maximum absolute atomic E-state index is 13.3. The van der Waals surface area contributed by atoms with Crippen LogP contribution in [0.3, 0.4) is 0 Å². The van der Waals surface area contributed by atoms with E-state index >= 15 is 0 Å². The van der Waals surface area contributed by atoms with Gasteiger partial charge in [0, 0.05) is 7.05 Å². The number of hydrogen-bond acceptors (Lipinski definition) is 3. The van der Waals surface area contributed by atoms with Crippen LogP contribution in [-0.2, 0) is 10.3 Å². The number of carbonyl (C=O) groups excluding carboxylic acids is 1. The number of nitrogens with two attached hydrogens (primary N) is 1. The van der Waals surface area contributed by atoms with Crippen molar-refractivity contribution in [3.8, 4) is 11.1 Å². The average Bonchev–Trinajstić information content (AvgIpc) is 2.94. The molecule has 1 fully saturated rings. The number of nitrogens with one attached hydrogen (secondary N) is 1. The molecule has 0 aromatic heterocycles. The largest absolute Gasteiger partial charge is 0.315 e. The molecule has 2 atom stereocenters. The van der Waals surface area contributed by atoms with Gasteiger partial charge in [-0.05, 0) is 40.5 Å². The van der Waals surface area contributed by atoms with Gasteiger partial charge in [0.25, 0.3) is 5.91 Å². The minimum absolute atomic E-state index is 0.113. The molecular weight excluding hydrogens is 341 g/mol. The van der Waals surface area contributed by atoms with Crippen molar-refractivity contribution in [1.82, 2.24) is 10.2 Å². The highest BCUT2D eigenvalue weighted by atomic mass is 19.1. The normalized spacial score (nSPS) is 22.3. The Balaban J connectivity index is 1.89. The number of amides is 1. The van der Waals surface area contributed by atoms with Crippen LogP contribution in [0.4, 0.5) is 4.39 Å². The van der Waals surface area contributed by atoms with E-state index in [1.54, 1.807) is 19.2 Å². The van der Waals surface area contributed by atoms with Crippen LogP contribution in [0.15, 0.2) is 78.9 Å². The molecule has 1 saturated heterocycles. The zero-order valence-corrected chi connectivity index (χ0v) is 14.9. The monoisotopic (exact) mass is 361 g/mol. The minimum atomic E-state index is -1.06. The van der Waals surface area contributed by atoms with Crippen molar-refractivity contribution >= 4 is 5.91 Å². The molecule has 1 heterocycles. The lowest BCUT2D eigenvalue weighted by atomic mass is 9.81. The van der Waals surface area contributed by atoms with Gasteiger partial charge in [0.05, 0.1) is 0 Å². The molecule has 4 rings (SSSR count). The van der Waals surface area contributed by atoms with Gasteiger partial charge in [0.15, 0.2) is 5.54 Å². The molecule has 1 amide bonds. The van der Waals surface area contributed by atoms with E-state index in [-0.39, 0.29) is 11.7 Å². The van der Waals surface area contributed by atoms with Gasteiger partial charge in [0.1, 0.15) is 12.1 Å². The Labute approximate surface area is 157 Å². The van der Waals surface area contributed by atoms with Crippen molar-refractivity contribution in [1.29, 1.82) is 0 Å². The molecule has 0 saturated carbocycles. The lowest BCUT2D eigenvalue weighted by Crippen LogP contribution is -2.47. The van der Waals surface area contributed by atoms with Crippen molar-refractivity contribution in [3.05, 3.63) is 95.8 Å². The number of carbonyl (C=O) groups is 1. The Hall–Kier alpha value is -3.02. The summed E-state index contributed by atoms with van der Waals surface area (Å²) in [5.41, 5.74) is 8.47. The SMILES string of the molecule is CN1C(=O)C(c2ccccc2)(c2cccc(-c3ccc(F)cc3)c2)NC1N. The highest BCUT2D eigenvalue weighted by molar-refractivity contribution is 5.94. The standard InChI is InChI=1S/C22H20FN3O/c1-26-20(27)22(25-21(26)24,17-7-3-2-4-8-17)18-9-5-6-16(14-18)15-10-12-19(23)13-11-15/h2-14,21,25H,24H2,1H3. The van der Waals surface area contributed by atoms with E-state index in [2.05, 4.69) is 5.32 Å². The lowest BCUT2D eigenvalue weighted by Gasteiger charge is -2.29. The molecule has 4 nitrogen and oxygen atoms in total. The van der Waals surface area contributed by atoms with Crippen molar-refractivity contribution in [2.45, 2.75) is 11.8 Å². The zero-order valence-electron chi connectivity index (χ0n) is 14.9. The Morgan fingerprint density at radius 3 is 2.22 bits per heavy atom. The third-order valence-corrected chi connectivity index (χ3v) is 5.10. The van der Waals surface area contributed by atoms with Crippen LogP contribution in [0.25, 0.3) is 11.1 Å². The number of rotatable bonds is 3. The highest BCUT2D eigenvalue weighted by Crippen LogP contribution is 2.37. The van der Waals surface area contributed by atoms with Gasteiger partial charge in [-0.2, -0.15) is 0 Å². The predicted octanol–water partition coefficient (Wildman–Crippen LogP) is 3.04. The summed E-state index contributed by atoms with van der Waals surface area (Å²) in [5.74, 6) is -0.395. The summed E-state index contributed by atoms with van der Waals surface area (Å²) < 4.78 is 13.3. The van der Waals surface area contributed by atoms with Crippen molar-refractivity contribution in [2.75, 3.05) is 7.05 Å². The van der Waals surface area contributed by atoms with Crippen LogP contribution >= 0.6 is 0 Å². The van der Waals surface area contributed by atoms with Crippen molar-refractivity contribution in [3.63, 3.8) is 0 Å². The molecule has 27 heavy (non-hydrogen) atoms. The molecule has 136 valence electrons. The van der Waals surface area contributed by atoms with E-state index in [0.717, 1.165) is 22.3 Å². The first kappa shape index (κ1) is 17.4. The lowest BCUT2D eigenvalue weighted by molar-refractivity contribution is -0.131. The first-order chi connectivity index (χ1) is 13.0. The third-order valence-electron chi connectivity index (χ3n) is 5.10. The molecule has 3 N–H and O–H groups in total. The van der Waals surface area contributed by atoms with Gasteiger partial charge in [0.2, 0.25) is 0 Å². The molecule has 0 bridgehead atoms. The Kier molecular flexibility index (Phi) is 4.26. The van der Waals surface area contributed by atoms with E-state index in [1.165, 1.54) is 17.0 Å². The van der Waals surface area contributed by atoms with Crippen LogP contribution in [0.1, 0.15) is 11.1 Å². The Morgan fingerprint density at radius 2 is 1.59 bits per heavy atom. The summed E-state index contributed by atoms with van der Waals surface area (Å²) in [5, 5.41) is 3.28. The fourth-order valence-electron chi connectivity index (χ4n) is 3.61. The van der Waals surface area contributed by atoms with Crippen LogP contribution in [-0.4, -0.2) is 24.1 Å². The molecule has 2 unspecified atom stereocenters. The van der Waals surface area contributed by atoms with Gasteiger partial charge in [-0.15, -0.1) is 0 Å². The first-order valence-electron chi connectivity index (χ1n) is 8.75. The fraction of sp³-hybridized carbons (Fsp3) is 0.136. The van der Waals surface area contributed by atoms with Gasteiger partial charge in [-0.1, -0.05) is 60.7 Å². The molecule has 1 aliphatic heterocycles. The summed E-state index contributed by atoms with van der Waals surface area (Å²) in [6.07, 6.45) is -0.591. The minimum Gasteiger partial charge on any atom is -0.315 e. The van der Waals surface area contributed by atoms with Crippen LogP contribution in [0.2, 0.25) is 0 Å². The maximum atomic E-state index is 13.3. The maximum Gasteiger partial charge on any atom is 0.254 e. The van der Waals surface area contributed by atoms with Crippen LogP contribution in [0, 0.1) is 5.82 Å². The summed E-state index contributed by atoms with van der Waals surface area (Å²) >= 11 is 0. The second-order valence-corrected chi connectivity index (χ2v) is 6.71. The number of halogens is 1. The molecule has 0 radical (unpaired) electrons. The average molecular weight is 361 g/mol. The van der Waals surface area contributed by atoms with E-state index in [1.807, 2.05) is 54.6 Å². The smallest absolute Gasteiger partial charge is 0.254 e. The van der Waals surface area contributed by atoms with E-state index in [0.29, 0.717) is 0 Å². The van der Waals surface area contributed by atoms with E-state index < -0.39 is 11.8 Å². The third kappa shape index (κ3) is 2.81. The molecule has 1 aliphatic rings. The zero-order chi connectivity index (χ0) is 19.0. The Bertz CT molecular complexity index is 974. The predicted molar refractivity (Wildman–Crippen MR) is 103 cm³/mol. The van der Waals surface area contributed by atoms with E-state index in [4.69, 9.17) is 5.73 Å². The number of likely N-dealkylation sites (N-methyl/N-ethyl adjacent to an activating group) is 1. The second kappa shape index (κ2) is 6.61. The topological polar surface area (TPSA) is 58.4 Å². The molecule has 0 aliphatic carbocycles. The molecule has 0 spiro atoms. The second-order valence-electron chi connectivity index (χ2n) is 6.71. The molecule has 3 aromatic carbocycles. The van der Waals surface area contributed by atoms with Crippen LogP contribution < -0.4 is 11.1 Å². The molecule has 5 heteroatoms. The highest BCUT2D eigenvalue weighted by Gasteiger charge is 2.51. The number of benzene rings is 3. The quantitative estimate of drug-likeness (QED) is 0.754. The number of nitrogens with zero attached hydrogens (tertiary/aromatic N) is 1. The van der Waals surface area contributed by atoms with Gasteiger partial charge >= 0.3 is 0 Å². The Morgan fingerprint density at radius 1 is 0.926 bits per heavy atom. The summed E-state index contributed by atoms with van der Waals surface area (Å²) in [6.45, 7) is 0. The van der Waals surface area contributed by atoms with Crippen molar-refractivity contribution < 1.29 is 9.18 Å². The van der Waals surface area contributed by atoms with Gasteiger partial charge < -0.3 is 4.90 Å². The first-order valence-corrected chi connectivity index (χ1v) is 8.75. The summed E-state index contributed by atoms with van der Waals surface area (Å²) in [6, 6.07) is 23.6. The summed E-state index contributed by atoms with van der Waals surface area (Å²) in [4.78, 5) is 14.8.